The molecule has 2 N–H and O–H groups in total. The van der Waals surface area contributed by atoms with Crippen LogP contribution in [0, 0.1) is 6.92 Å². The molecule has 0 fully saturated rings. The molecule has 22 heavy (non-hydrogen) atoms. The van der Waals surface area contributed by atoms with E-state index in [-0.39, 0.29) is 10.8 Å². The first-order valence-electron chi connectivity index (χ1n) is 7.03. The average Bonchev–Trinajstić information content (AvgIpc) is 2.81. The van der Waals surface area contributed by atoms with Gasteiger partial charge in [-0.15, -0.1) is 0 Å². The number of nitrogens with zero attached hydrogens (tertiary/aromatic N) is 1. The number of aryl methyl sites for hydroxylation is 2. The Labute approximate surface area is 129 Å². The van der Waals surface area contributed by atoms with Crippen LogP contribution in [0.2, 0.25) is 0 Å². The molecule has 6 nitrogen and oxygen atoms in total. The lowest BCUT2D eigenvalue weighted by atomic mass is 10.2. The third-order valence-corrected chi connectivity index (χ3v) is 4.89. The number of nitrogens with one attached hydrogen (secondary N) is 2. The summed E-state index contributed by atoms with van der Waals surface area (Å²) in [5.74, 6) is -0.241. The van der Waals surface area contributed by atoms with E-state index < -0.39 is 10.0 Å². The molecular formula is C15H17N3O3S. The zero-order valence-corrected chi connectivity index (χ0v) is 13.0. The van der Waals surface area contributed by atoms with E-state index in [1.807, 2.05) is 13.0 Å². The lowest BCUT2D eigenvalue weighted by Gasteiger charge is -2.07. The number of hydrogen-bond donors (Lipinski definition) is 2. The number of carbonyl (C=O) groups is 1. The Kier molecular flexibility index (Phi) is 3.66. The second kappa shape index (κ2) is 5.49. The summed E-state index contributed by atoms with van der Waals surface area (Å²) in [6.07, 6.45) is 2.29. The van der Waals surface area contributed by atoms with Crippen LogP contribution in [0.15, 0.2) is 41.4 Å². The van der Waals surface area contributed by atoms with Crippen LogP contribution in [0.25, 0.3) is 0 Å². The minimum Gasteiger partial charge on any atom is -0.351 e. The fraction of sp³-hybridized carbons (Fsp3) is 0.267. The zero-order chi connectivity index (χ0) is 15.7. The molecule has 1 amide bonds. The molecule has 0 unspecified atom stereocenters. The highest BCUT2D eigenvalue weighted by molar-refractivity contribution is 7.92. The van der Waals surface area contributed by atoms with Gasteiger partial charge >= 0.3 is 0 Å². The van der Waals surface area contributed by atoms with E-state index in [2.05, 4.69) is 10.0 Å². The number of fused-ring (bicyclic) bond motifs is 1. The SMILES string of the molecule is Cc1cccc(NS(=O)(=O)c2cc3n(c2)CCCNC3=O)c1. The number of amides is 1. The average molecular weight is 319 g/mol. The molecule has 0 saturated heterocycles. The fourth-order valence-electron chi connectivity index (χ4n) is 2.47. The smallest absolute Gasteiger partial charge is 0.267 e. The molecular weight excluding hydrogens is 302 g/mol. The lowest BCUT2D eigenvalue weighted by Crippen LogP contribution is -2.22. The van der Waals surface area contributed by atoms with Gasteiger partial charge in [0.15, 0.2) is 0 Å². The highest BCUT2D eigenvalue weighted by Crippen LogP contribution is 2.20. The van der Waals surface area contributed by atoms with Crippen LogP contribution in [0.5, 0.6) is 0 Å². The fourth-order valence-corrected chi connectivity index (χ4v) is 3.56. The van der Waals surface area contributed by atoms with Crippen LogP contribution in [-0.4, -0.2) is 25.4 Å². The summed E-state index contributed by atoms with van der Waals surface area (Å²) in [6, 6.07) is 8.54. The topological polar surface area (TPSA) is 80.2 Å². The number of rotatable bonds is 3. The van der Waals surface area contributed by atoms with Gasteiger partial charge in [0.25, 0.3) is 15.9 Å². The summed E-state index contributed by atoms with van der Waals surface area (Å²) in [5, 5.41) is 2.75. The second-order valence-electron chi connectivity index (χ2n) is 5.34. The molecule has 0 spiro atoms. The van der Waals surface area contributed by atoms with E-state index in [9.17, 15) is 13.2 Å². The number of anilines is 1. The van der Waals surface area contributed by atoms with E-state index in [0.717, 1.165) is 12.0 Å². The third-order valence-electron chi connectivity index (χ3n) is 3.55. The molecule has 0 radical (unpaired) electrons. The third kappa shape index (κ3) is 2.85. The molecule has 1 aliphatic rings. The van der Waals surface area contributed by atoms with Gasteiger partial charge in [-0.05, 0) is 37.1 Å². The second-order valence-corrected chi connectivity index (χ2v) is 7.02. The van der Waals surface area contributed by atoms with Crippen molar-refractivity contribution in [2.45, 2.75) is 24.8 Å². The summed E-state index contributed by atoms with van der Waals surface area (Å²) < 4.78 is 29.2. The van der Waals surface area contributed by atoms with Crippen molar-refractivity contribution in [2.75, 3.05) is 11.3 Å². The lowest BCUT2D eigenvalue weighted by molar-refractivity contribution is 0.0951. The summed E-state index contributed by atoms with van der Waals surface area (Å²) in [5.41, 5.74) is 1.85. The van der Waals surface area contributed by atoms with E-state index in [4.69, 9.17) is 0 Å². The van der Waals surface area contributed by atoms with Gasteiger partial charge in [-0.25, -0.2) is 8.42 Å². The van der Waals surface area contributed by atoms with Gasteiger partial charge in [-0.3, -0.25) is 9.52 Å². The van der Waals surface area contributed by atoms with Crippen LogP contribution in [-0.2, 0) is 16.6 Å². The van der Waals surface area contributed by atoms with Gasteiger partial charge in [0.05, 0.1) is 0 Å². The van der Waals surface area contributed by atoms with E-state index in [1.54, 1.807) is 22.8 Å². The Morgan fingerprint density at radius 2 is 2.09 bits per heavy atom. The molecule has 1 aromatic carbocycles. The van der Waals surface area contributed by atoms with Crippen molar-refractivity contribution < 1.29 is 13.2 Å². The van der Waals surface area contributed by atoms with Crippen LogP contribution < -0.4 is 10.0 Å². The van der Waals surface area contributed by atoms with Crippen molar-refractivity contribution in [3.05, 3.63) is 47.8 Å². The van der Waals surface area contributed by atoms with Crippen molar-refractivity contribution >= 4 is 21.6 Å². The Morgan fingerprint density at radius 3 is 2.86 bits per heavy atom. The molecule has 1 aromatic heterocycles. The maximum Gasteiger partial charge on any atom is 0.267 e. The summed E-state index contributed by atoms with van der Waals surface area (Å²) >= 11 is 0. The van der Waals surface area contributed by atoms with Gasteiger partial charge < -0.3 is 9.88 Å². The van der Waals surface area contributed by atoms with Crippen molar-refractivity contribution in [2.24, 2.45) is 0 Å². The van der Waals surface area contributed by atoms with Gasteiger partial charge in [0, 0.05) is 25.0 Å². The van der Waals surface area contributed by atoms with Gasteiger partial charge in [0.1, 0.15) is 10.6 Å². The predicted molar refractivity (Wildman–Crippen MR) is 83.4 cm³/mol. The normalized spacial score (nSPS) is 14.9. The number of benzene rings is 1. The van der Waals surface area contributed by atoms with Crippen LogP contribution in [0.3, 0.4) is 0 Å². The maximum absolute atomic E-state index is 12.5. The molecule has 0 atom stereocenters. The van der Waals surface area contributed by atoms with Crippen LogP contribution >= 0.6 is 0 Å². The number of carbonyl (C=O) groups excluding carboxylic acids is 1. The maximum atomic E-state index is 12.5. The molecule has 116 valence electrons. The molecule has 0 aliphatic carbocycles. The monoisotopic (exact) mass is 319 g/mol. The van der Waals surface area contributed by atoms with Gasteiger partial charge in [-0.2, -0.15) is 0 Å². The molecule has 7 heteroatoms. The predicted octanol–water partition coefficient (Wildman–Crippen LogP) is 1.73. The zero-order valence-electron chi connectivity index (χ0n) is 12.2. The van der Waals surface area contributed by atoms with Gasteiger partial charge in [0.2, 0.25) is 0 Å². The molecule has 1 aliphatic heterocycles. The molecule has 0 bridgehead atoms. The number of sulfonamides is 1. The van der Waals surface area contributed by atoms with E-state index in [0.29, 0.717) is 24.5 Å². The number of aromatic nitrogens is 1. The van der Waals surface area contributed by atoms with E-state index >= 15 is 0 Å². The van der Waals surface area contributed by atoms with Crippen molar-refractivity contribution in [1.82, 2.24) is 9.88 Å². The van der Waals surface area contributed by atoms with Crippen molar-refractivity contribution in [3.63, 3.8) is 0 Å². The minimum atomic E-state index is -3.71. The Hall–Kier alpha value is -2.28. The summed E-state index contributed by atoms with van der Waals surface area (Å²) in [7, 11) is -3.71. The molecule has 3 rings (SSSR count). The summed E-state index contributed by atoms with van der Waals surface area (Å²) in [6.45, 7) is 3.11. The van der Waals surface area contributed by atoms with Gasteiger partial charge in [-0.1, -0.05) is 12.1 Å². The van der Waals surface area contributed by atoms with Crippen molar-refractivity contribution in [3.8, 4) is 0 Å². The molecule has 2 heterocycles. The van der Waals surface area contributed by atoms with Crippen LogP contribution in [0.4, 0.5) is 5.69 Å². The highest BCUT2D eigenvalue weighted by Gasteiger charge is 2.23. The molecule has 0 saturated carbocycles. The quantitative estimate of drug-likeness (QED) is 0.904. The minimum absolute atomic E-state index is 0.0982. The first-order chi connectivity index (χ1) is 10.5. The Bertz CT molecular complexity index is 824. The van der Waals surface area contributed by atoms with Crippen molar-refractivity contribution in [1.29, 1.82) is 0 Å². The Balaban J connectivity index is 1.93. The highest BCUT2D eigenvalue weighted by atomic mass is 32.2. The Morgan fingerprint density at radius 1 is 1.27 bits per heavy atom. The van der Waals surface area contributed by atoms with Crippen LogP contribution in [0.1, 0.15) is 22.5 Å². The first kappa shape index (κ1) is 14.6. The van der Waals surface area contributed by atoms with E-state index in [1.165, 1.54) is 12.3 Å². The molecule has 2 aromatic rings. The standard InChI is InChI=1S/C15H17N3O3S/c1-11-4-2-5-12(8-11)17-22(20,21)13-9-14-15(19)16-6-3-7-18(14)10-13/h2,4-5,8-10,17H,3,6-7H2,1H3,(H,16,19). The largest absolute Gasteiger partial charge is 0.351 e. The summed E-state index contributed by atoms with van der Waals surface area (Å²) in [4.78, 5) is 12.0. The number of hydrogen-bond acceptors (Lipinski definition) is 3. The first-order valence-corrected chi connectivity index (χ1v) is 8.52.